The van der Waals surface area contributed by atoms with Crippen molar-refractivity contribution in [3.63, 3.8) is 0 Å². The second-order valence-electron chi connectivity index (χ2n) is 6.41. The van der Waals surface area contributed by atoms with Crippen LogP contribution in [-0.2, 0) is 4.79 Å². The third-order valence-electron chi connectivity index (χ3n) is 4.27. The number of nitrogens with one attached hydrogen (secondary N) is 1. The monoisotopic (exact) mass is 482 g/mol. The first-order valence-corrected chi connectivity index (χ1v) is 10.5. The van der Waals surface area contributed by atoms with Crippen LogP contribution in [0.2, 0.25) is 0 Å². The quantitative estimate of drug-likeness (QED) is 0.342. The average molecular weight is 483 g/mol. The zero-order chi connectivity index (χ0) is 22.1. The molecule has 0 unspecified atom stereocenters. The molecule has 0 spiro atoms. The number of carbonyl (C=O) groups is 1. The summed E-state index contributed by atoms with van der Waals surface area (Å²) in [5.74, 6) is 1.46. The minimum atomic E-state index is -0.365. The number of hydrogen-bond acceptors (Lipinski definition) is 5. The lowest BCUT2D eigenvalue weighted by Gasteiger charge is -2.12. The van der Waals surface area contributed by atoms with Crippen LogP contribution in [0.25, 0.3) is 11.1 Å². The molecule has 1 amide bonds. The largest absolute Gasteiger partial charge is 0.493 e. The summed E-state index contributed by atoms with van der Waals surface area (Å²) in [7, 11) is 1.57. The SMILES string of the molecule is CCOc1c(Br)cc(/C=N/NC(=O)COc2ccccc2-c2ccccc2)cc1OC. The van der Waals surface area contributed by atoms with Gasteiger partial charge in [-0.25, -0.2) is 5.43 Å². The Labute approximate surface area is 190 Å². The van der Waals surface area contributed by atoms with Gasteiger partial charge in [-0.15, -0.1) is 0 Å². The lowest BCUT2D eigenvalue weighted by Crippen LogP contribution is -2.24. The predicted molar refractivity (Wildman–Crippen MR) is 125 cm³/mol. The van der Waals surface area contributed by atoms with Crippen LogP contribution < -0.4 is 19.6 Å². The summed E-state index contributed by atoms with van der Waals surface area (Å²) in [6, 6.07) is 21.1. The standard InChI is InChI=1S/C24H23BrN2O4/c1-3-30-24-20(25)13-17(14-22(24)29-2)15-26-27-23(28)16-31-21-12-8-7-11-19(21)18-9-5-4-6-10-18/h4-15H,3,16H2,1-2H3,(H,27,28)/b26-15+. The number of ether oxygens (including phenoxy) is 3. The second-order valence-corrected chi connectivity index (χ2v) is 7.27. The highest BCUT2D eigenvalue weighted by atomic mass is 79.9. The van der Waals surface area contributed by atoms with Crippen molar-refractivity contribution < 1.29 is 19.0 Å². The van der Waals surface area contributed by atoms with Gasteiger partial charge in [0.1, 0.15) is 5.75 Å². The van der Waals surface area contributed by atoms with Gasteiger partial charge >= 0.3 is 0 Å². The van der Waals surface area contributed by atoms with E-state index in [2.05, 4.69) is 26.5 Å². The highest BCUT2D eigenvalue weighted by Gasteiger charge is 2.11. The number of methoxy groups -OCH3 is 1. The Bertz CT molecular complexity index is 1050. The molecule has 3 rings (SSSR count). The van der Waals surface area contributed by atoms with Crippen molar-refractivity contribution in [1.29, 1.82) is 0 Å². The Morgan fingerprint density at radius 2 is 1.77 bits per heavy atom. The number of nitrogens with zero attached hydrogens (tertiary/aromatic N) is 1. The van der Waals surface area contributed by atoms with Gasteiger partial charge < -0.3 is 14.2 Å². The minimum absolute atomic E-state index is 0.155. The van der Waals surface area contributed by atoms with E-state index in [0.29, 0.717) is 23.9 Å². The molecule has 0 fully saturated rings. The number of hydrogen-bond donors (Lipinski definition) is 1. The van der Waals surface area contributed by atoms with Gasteiger partial charge in [0.25, 0.3) is 5.91 Å². The summed E-state index contributed by atoms with van der Waals surface area (Å²) in [6.45, 7) is 2.26. The second kappa shape index (κ2) is 11.2. The maximum absolute atomic E-state index is 12.2. The molecule has 0 heterocycles. The number of hydrazone groups is 1. The van der Waals surface area contributed by atoms with Crippen molar-refractivity contribution in [1.82, 2.24) is 5.43 Å². The van der Waals surface area contributed by atoms with Gasteiger partial charge in [-0.1, -0.05) is 48.5 Å². The molecule has 0 atom stereocenters. The summed E-state index contributed by atoms with van der Waals surface area (Å²) in [4.78, 5) is 12.2. The number of para-hydroxylation sites is 1. The van der Waals surface area contributed by atoms with Gasteiger partial charge in [-0.3, -0.25) is 4.79 Å². The topological polar surface area (TPSA) is 69.2 Å². The molecule has 0 aromatic heterocycles. The number of halogens is 1. The Balaban J connectivity index is 1.61. The van der Waals surface area contributed by atoms with Crippen LogP contribution in [0.3, 0.4) is 0 Å². The molecule has 7 heteroatoms. The van der Waals surface area contributed by atoms with E-state index in [9.17, 15) is 4.79 Å². The van der Waals surface area contributed by atoms with E-state index in [1.807, 2.05) is 67.6 Å². The molecule has 3 aromatic carbocycles. The maximum atomic E-state index is 12.2. The van der Waals surface area contributed by atoms with Crippen molar-refractivity contribution in [2.75, 3.05) is 20.3 Å². The molecule has 0 aliphatic rings. The first-order chi connectivity index (χ1) is 15.1. The molecule has 3 aromatic rings. The van der Waals surface area contributed by atoms with Gasteiger partial charge in [0, 0.05) is 5.56 Å². The van der Waals surface area contributed by atoms with E-state index >= 15 is 0 Å². The van der Waals surface area contributed by atoms with E-state index in [1.165, 1.54) is 6.21 Å². The van der Waals surface area contributed by atoms with Crippen molar-refractivity contribution in [3.05, 3.63) is 76.8 Å². The molecule has 31 heavy (non-hydrogen) atoms. The van der Waals surface area contributed by atoms with Crippen LogP contribution in [0.1, 0.15) is 12.5 Å². The van der Waals surface area contributed by atoms with Crippen molar-refractivity contribution in [3.8, 4) is 28.4 Å². The summed E-state index contributed by atoms with van der Waals surface area (Å²) in [5.41, 5.74) is 5.16. The molecule has 0 saturated carbocycles. The molecule has 0 saturated heterocycles. The van der Waals surface area contributed by atoms with Gasteiger partial charge in [0.05, 0.1) is 24.4 Å². The third kappa shape index (κ3) is 6.08. The van der Waals surface area contributed by atoms with E-state index < -0.39 is 0 Å². The van der Waals surface area contributed by atoms with Gasteiger partial charge in [0.15, 0.2) is 18.1 Å². The van der Waals surface area contributed by atoms with Crippen LogP contribution in [0.15, 0.2) is 76.3 Å². The maximum Gasteiger partial charge on any atom is 0.277 e. The fraction of sp³-hybridized carbons (Fsp3) is 0.167. The first kappa shape index (κ1) is 22.4. The van der Waals surface area contributed by atoms with Crippen LogP contribution >= 0.6 is 15.9 Å². The number of carbonyl (C=O) groups excluding carboxylic acids is 1. The molecule has 0 radical (unpaired) electrons. The predicted octanol–water partition coefficient (Wildman–Crippen LogP) is 5.05. The van der Waals surface area contributed by atoms with Crippen LogP contribution in [-0.4, -0.2) is 32.4 Å². The number of benzene rings is 3. The van der Waals surface area contributed by atoms with Crippen LogP contribution in [0.5, 0.6) is 17.2 Å². The Morgan fingerprint density at radius 3 is 2.52 bits per heavy atom. The molecular weight excluding hydrogens is 460 g/mol. The Kier molecular flexibility index (Phi) is 8.06. The summed E-state index contributed by atoms with van der Waals surface area (Å²) in [5, 5.41) is 4.00. The normalized spacial score (nSPS) is 10.7. The highest BCUT2D eigenvalue weighted by Crippen LogP contribution is 2.36. The summed E-state index contributed by atoms with van der Waals surface area (Å²) >= 11 is 3.46. The lowest BCUT2D eigenvalue weighted by molar-refractivity contribution is -0.123. The fourth-order valence-electron chi connectivity index (χ4n) is 2.90. The molecule has 160 valence electrons. The highest BCUT2D eigenvalue weighted by molar-refractivity contribution is 9.10. The molecule has 6 nitrogen and oxygen atoms in total. The van der Waals surface area contributed by atoms with Gasteiger partial charge in [-0.2, -0.15) is 5.10 Å². The molecule has 0 aliphatic heterocycles. The van der Waals surface area contributed by atoms with Gasteiger partial charge in [-0.05, 0) is 52.2 Å². The summed E-state index contributed by atoms with van der Waals surface area (Å²) in [6.07, 6.45) is 1.53. The molecule has 1 N–H and O–H groups in total. The van der Waals surface area contributed by atoms with E-state index in [-0.39, 0.29) is 12.5 Å². The summed E-state index contributed by atoms with van der Waals surface area (Å²) < 4.78 is 17.4. The van der Waals surface area contributed by atoms with E-state index in [0.717, 1.165) is 21.2 Å². The zero-order valence-corrected chi connectivity index (χ0v) is 18.9. The van der Waals surface area contributed by atoms with Crippen molar-refractivity contribution in [2.24, 2.45) is 5.10 Å². The average Bonchev–Trinajstić information content (AvgIpc) is 2.80. The molecular formula is C24H23BrN2O4. The first-order valence-electron chi connectivity index (χ1n) is 9.71. The zero-order valence-electron chi connectivity index (χ0n) is 17.3. The smallest absolute Gasteiger partial charge is 0.277 e. The lowest BCUT2D eigenvalue weighted by atomic mass is 10.1. The number of amides is 1. The van der Waals surface area contributed by atoms with Gasteiger partial charge in [0.2, 0.25) is 0 Å². The van der Waals surface area contributed by atoms with Crippen LogP contribution in [0, 0.1) is 0 Å². The van der Waals surface area contributed by atoms with E-state index in [4.69, 9.17) is 14.2 Å². The Hall–Kier alpha value is -3.32. The Morgan fingerprint density at radius 1 is 1.03 bits per heavy atom. The molecule has 0 aliphatic carbocycles. The minimum Gasteiger partial charge on any atom is -0.493 e. The van der Waals surface area contributed by atoms with Crippen molar-refractivity contribution >= 4 is 28.1 Å². The molecule has 0 bridgehead atoms. The van der Waals surface area contributed by atoms with Crippen LogP contribution in [0.4, 0.5) is 0 Å². The van der Waals surface area contributed by atoms with E-state index in [1.54, 1.807) is 13.2 Å². The van der Waals surface area contributed by atoms with Crippen molar-refractivity contribution in [2.45, 2.75) is 6.92 Å². The third-order valence-corrected chi connectivity index (χ3v) is 4.86. The fourth-order valence-corrected chi connectivity index (χ4v) is 3.48. The number of rotatable bonds is 9.